The molecule has 0 bridgehead atoms. The highest BCUT2D eigenvalue weighted by atomic mass is 16.6. The van der Waals surface area contributed by atoms with Crippen molar-refractivity contribution in [1.29, 1.82) is 0 Å². The van der Waals surface area contributed by atoms with E-state index >= 15 is 0 Å². The quantitative estimate of drug-likeness (QED) is 0.613. The first-order valence-electron chi connectivity index (χ1n) is 9.44. The number of carbonyl (C=O) groups is 1. The molecule has 1 fully saturated rings. The average molecular weight is 360 g/mol. The Morgan fingerprint density at radius 2 is 1.96 bits per heavy atom. The number of benzene rings is 1. The predicted molar refractivity (Wildman–Crippen MR) is 101 cm³/mol. The minimum Gasteiger partial charge on any atom is -0.486 e. The molecule has 26 heavy (non-hydrogen) atoms. The molecule has 142 valence electrons. The van der Waals surface area contributed by atoms with E-state index in [4.69, 9.17) is 9.47 Å². The number of piperidine rings is 1. The van der Waals surface area contributed by atoms with Crippen molar-refractivity contribution in [2.45, 2.75) is 32.3 Å². The molecule has 2 N–H and O–H groups in total. The maximum atomic E-state index is 12.3. The second-order valence-electron chi connectivity index (χ2n) is 6.52. The number of aliphatic imine (C=N–C) groups is 1. The molecule has 0 saturated carbocycles. The number of carbonyl (C=O) groups excluding carboxylic acids is 1. The van der Waals surface area contributed by atoms with E-state index in [9.17, 15) is 4.79 Å². The van der Waals surface area contributed by atoms with E-state index in [1.165, 1.54) is 6.42 Å². The lowest BCUT2D eigenvalue weighted by Gasteiger charge is -2.27. The molecule has 1 amide bonds. The molecule has 0 aromatic heterocycles. The summed E-state index contributed by atoms with van der Waals surface area (Å²) in [5.41, 5.74) is 0. The van der Waals surface area contributed by atoms with Gasteiger partial charge in [-0.3, -0.25) is 4.79 Å². The van der Waals surface area contributed by atoms with Gasteiger partial charge in [0.25, 0.3) is 0 Å². The van der Waals surface area contributed by atoms with Crippen LogP contribution in [0, 0.1) is 0 Å². The average Bonchev–Trinajstić information content (AvgIpc) is 2.70. The van der Waals surface area contributed by atoms with Crippen LogP contribution in [-0.2, 0) is 4.79 Å². The molecule has 1 aromatic carbocycles. The highest BCUT2D eigenvalue weighted by Gasteiger charge is 2.21. The van der Waals surface area contributed by atoms with Crippen molar-refractivity contribution in [3.63, 3.8) is 0 Å². The third-order valence-electron chi connectivity index (χ3n) is 4.49. The van der Waals surface area contributed by atoms with E-state index in [1.54, 1.807) is 0 Å². The smallest absolute Gasteiger partial charge is 0.244 e. The van der Waals surface area contributed by atoms with Crippen molar-refractivity contribution >= 4 is 11.9 Å². The molecule has 2 aliphatic heterocycles. The van der Waals surface area contributed by atoms with E-state index in [0.29, 0.717) is 19.1 Å². The first kappa shape index (κ1) is 18.4. The van der Waals surface area contributed by atoms with Crippen molar-refractivity contribution < 1.29 is 14.3 Å². The summed E-state index contributed by atoms with van der Waals surface area (Å²) in [7, 11) is 0. The minimum atomic E-state index is -0.105. The minimum absolute atomic E-state index is 0.0908. The lowest BCUT2D eigenvalue weighted by molar-refractivity contribution is -0.130. The summed E-state index contributed by atoms with van der Waals surface area (Å²) in [6, 6.07) is 7.65. The fourth-order valence-corrected chi connectivity index (χ4v) is 3.11. The van der Waals surface area contributed by atoms with Gasteiger partial charge >= 0.3 is 0 Å². The summed E-state index contributed by atoms with van der Waals surface area (Å²) in [5, 5.41) is 6.41. The Morgan fingerprint density at radius 1 is 1.19 bits per heavy atom. The number of rotatable bonds is 5. The number of nitrogens with zero attached hydrogens (tertiary/aromatic N) is 2. The van der Waals surface area contributed by atoms with Gasteiger partial charge in [0.2, 0.25) is 5.91 Å². The Kier molecular flexibility index (Phi) is 6.57. The first-order valence-corrected chi connectivity index (χ1v) is 9.44. The van der Waals surface area contributed by atoms with Crippen LogP contribution in [0.25, 0.3) is 0 Å². The summed E-state index contributed by atoms with van der Waals surface area (Å²) in [5.74, 6) is 2.25. The maximum absolute atomic E-state index is 12.3. The molecule has 3 rings (SSSR count). The van der Waals surface area contributed by atoms with E-state index in [1.807, 2.05) is 36.1 Å². The number of fused-ring (bicyclic) bond motifs is 1. The van der Waals surface area contributed by atoms with Crippen LogP contribution in [-0.4, -0.2) is 62.2 Å². The zero-order valence-corrected chi connectivity index (χ0v) is 15.4. The molecule has 2 aliphatic rings. The van der Waals surface area contributed by atoms with Gasteiger partial charge in [-0.1, -0.05) is 12.1 Å². The van der Waals surface area contributed by atoms with Gasteiger partial charge in [-0.05, 0) is 38.3 Å². The van der Waals surface area contributed by atoms with Crippen molar-refractivity contribution in [2.24, 2.45) is 4.99 Å². The normalized spacial score (nSPS) is 19.8. The molecule has 2 heterocycles. The lowest BCUT2D eigenvalue weighted by atomic mass is 10.1. The SMILES string of the molecule is CCNC(=NCC(=O)N1CCCCC1)NCC1COc2ccccc2O1. The van der Waals surface area contributed by atoms with Crippen LogP contribution in [0.5, 0.6) is 11.5 Å². The Morgan fingerprint density at radius 3 is 2.73 bits per heavy atom. The fourth-order valence-electron chi connectivity index (χ4n) is 3.11. The van der Waals surface area contributed by atoms with E-state index in [0.717, 1.165) is 44.0 Å². The number of guanidine groups is 1. The second kappa shape index (κ2) is 9.31. The second-order valence-corrected chi connectivity index (χ2v) is 6.52. The van der Waals surface area contributed by atoms with Gasteiger partial charge < -0.3 is 25.0 Å². The Balaban J connectivity index is 1.49. The molecule has 0 radical (unpaired) electrons. The summed E-state index contributed by atoms with van der Waals surface area (Å²) >= 11 is 0. The van der Waals surface area contributed by atoms with E-state index in [2.05, 4.69) is 15.6 Å². The Bertz CT molecular complexity index is 629. The molecular weight excluding hydrogens is 332 g/mol. The van der Waals surface area contributed by atoms with Crippen molar-refractivity contribution in [1.82, 2.24) is 15.5 Å². The lowest BCUT2D eigenvalue weighted by Crippen LogP contribution is -2.46. The molecule has 1 saturated heterocycles. The van der Waals surface area contributed by atoms with Gasteiger partial charge in [0.15, 0.2) is 17.5 Å². The third-order valence-corrected chi connectivity index (χ3v) is 4.49. The zero-order chi connectivity index (χ0) is 18.2. The van der Waals surface area contributed by atoms with Crippen LogP contribution >= 0.6 is 0 Å². The van der Waals surface area contributed by atoms with Crippen LogP contribution < -0.4 is 20.1 Å². The number of hydrogen-bond donors (Lipinski definition) is 2. The van der Waals surface area contributed by atoms with Crippen LogP contribution in [0.1, 0.15) is 26.2 Å². The fraction of sp³-hybridized carbons (Fsp3) is 0.579. The summed E-state index contributed by atoms with van der Waals surface area (Å²) in [6.07, 6.45) is 3.29. The molecule has 1 atom stereocenters. The Labute approximate surface area is 154 Å². The van der Waals surface area contributed by atoms with Crippen LogP contribution in [0.2, 0.25) is 0 Å². The number of para-hydroxylation sites is 2. The molecule has 0 aliphatic carbocycles. The summed E-state index contributed by atoms with van der Waals surface area (Å²) in [4.78, 5) is 18.6. The molecule has 1 unspecified atom stereocenters. The maximum Gasteiger partial charge on any atom is 0.244 e. The van der Waals surface area contributed by atoms with Crippen LogP contribution in [0.3, 0.4) is 0 Å². The predicted octanol–water partition coefficient (Wildman–Crippen LogP) is 1.39. The largest absolute Gasteiger partial charge is 0.486 e. The first-order chi connectivity index (χ1) is 12.8. The third kappa shape index (κ3) is 5.03. The van der Waals surface area contributed by atoms with Crippen LogP contribution in [0.15, 0.2) is 29.3 Å². The highest BCUT2D eigenvalue weighted by Crippen LogP contribution is 2.30. The molecular formula is C19H28N4O3. The van der Waals surface area contributed by atoms with Crippen molar-refractivity contribution in [3.05, 3.63) is 24.3 Å². The molecule has 7 heteroatoms. The van der Waals surface area contributed by atoms with Gasteiger partial charge in [0.05, 0.1) is 6.54 Å². The van der Waals surface area contributed by atoms with E-state index in [-0.39, 0.29) is 18.6 Å². The van der Waals surface area contributed by atoms with Gasteiger partial charge in [-0.2, -0.15) is 0 Å². The summed E-state index contributed by atoms with van der Waals surface area (Å²) < 4.78 is 11.7. The number of amides is 1. The topological polar surface area (TPSA) is 75.2 Å². The van der Waals surface area contributed by atoms with Gasteiger partial charge in [-0.15, -0.1) is 0 Å². The number of ether oxygens (including phenoxy) is 2. The zero-order valence-electron chi connectivity index (χ0n) is 15.4. The van der Waals surface area contributed by atoms with Crippen LogP contribution in [0.4, 0.5) is 0 Å². The Hall–Kier alpha value is -2.44. The van der Waals surface area contributed by atoms with Crippen molar-refractivity contribution in [3.8, 4) is 11.5 Å². The van der Waals surface area contributed by atoms with Gasteiger partial charge in [0.1, 0.15) is 19.3 Å². The monoisotopic (exact) mass is 360 g/mol. The van der Waals surface area contributed by atoms with E-state index < -0.39 is 0 Å². The summed E-state index contributed by atoms with van der Waals surface area (Å²) in [6.45, 7) is 5.64. The van der Waals surface area contributed by atoms with Gasteiger partial charge in [-0.25, -0.2) is 4.99 Å². The standard InChI is InChI=1S/C19H28N4O3/c1-2-20-19(22-13-18(24)23-10-6-3-7-11-23)21-12-15-14-25-16-8-4-5-9-17(16)26-15/h4-5,8-9,15H,2-3,6-7,10-14H2,1H3,(H2,20,21,22). The molecule has 0 spiro atoms. The number of hydrogen-bond acceptors (Lipinski definition) is 4. The molecule has 7 nitrogen and oxygen atoms in total. The number of likely N-dealkylation sites (tertiary alicyclic amines) is 1. The number of nitrogens with one attached hydrogen (secondary N) is 2. The highest BCUT2D eigenvalue weighted by molar-refractivity contribution is 5.85. The van der Waals surface area contributed by atoms with Gasteiger partial charge in [0, 0.05) is 19.6 Å². The van der Waals surface area contributed by atoms with Crippen molar-refractivity contribution in [2.75, 3.05) is 39.3 Å². The molecule has 1 aromatic rings.